The van der Waals surface area contributed by atoms with Crippen molar-refractivity contribution in [1.82, 2.24) is 5.32 Å². The third-order valence-corrected chi connectivity index (χ3v) is 3.87. The molecule has 3 rings (SSSR count). The number of anilines is 1. The molecule has 0 spiro atoms. The summed E-state index contributed by atoms with van der Waals surface area (Å²) in [6, 6.07) is 5.73. The molecule has 1 aliphatic carbocycles. The zero-order valence-corrected chi connectivity index (χ0v) is 10.4. The monoisotopic (exact) mass is 246 g/mol. The number of hydrogen-bond donors (Lipinski definition) is 2. The van der Waals surface area contributed by atoms with Gasteiger partial charge in [-0.25, -0.2) is 4.79 Å². The Bertz CT molecular complexity index is 469. The maximum absolute atomic E-state index is 12.2. The fourth-order valence-electron chi connectivity index (χ4n) is 2.64. The van der Waals surface area contributed by atoms with Crippen LogP contribution in [-0.4, -0.2) is 23.7 Å². The van der Waals surface area contributed by atoms with Crippen LogP contribution >= 0.6 is 0 Å². The Kier molecular flexibility index (Phi) is 2.86. The van der Waals surface area contributed by atoms with E-state index in [-0.39, 0.29) is 11.8 Å². The number of aryl methyl sites for hydroxylation is 1. The Labute approximate surface area is 107 Å². The van der Waals surface area contributed by atoms with Crippen molar-refractivity contribution in [1.29, 1.82) is 0 Å². The van der Waals surface area contributed by atoms with Crippen LogP contribution < -0.4 is 10.2 Å². The molecule has 2 aliphatic rings. The number of phenols is 1. The normalized spacial score (nSPS) is 19.0. The standard InChI is InChI=1S/C14H18N2O2/c17-12-8-1-4-10-5-3-9-16(13(10)12)14(18)15-11-6-2-7-11/h1,4,8,11,17H,2-3,5-7,9H2,(H,15,18). The minimum atomic E-state index is -0.0675. The molecule has 1 aromatic rings. The number of aromatic hydroxyl groups is 1. The number of amides is 2. The number of phenolic OH excluding ortho intramolecular Hbond substituents is 1. The maximum Gasteiger partial charge on any atom is 0.322 e. The number of fused-ring (bicyclic) bond motifs is 1. The van der Waals surface area contributed by atoms with Gasteiger partial charge in [-0.15, -0.1) is 0 Å². The van der Waals surface area contributed by atoms with Gasteiger partial charge in [-0.2, -0.15) is 0 Å². The van der Waals surface area contributed by atoms with E-state index in [1.807, 2.05) is 12.1 Å². The topological polar surface area (TPSA) is 52.6 Å². The van der Waals surface area contributed by atoms with Crippen molar-refractivity contribution < 1.29 is 9.90 Å². The molecule has 2 amide bonds. The lowest BCUT2D eigenvalue weighted by Crippen LogP contribution is -2.49. The molecule has 2 N–H and O–H groups in total. The van der Waals surface area contributed by atoms with Crippen LogP contribution in [0.15, 0.2) is 18.2 Å². The second kappa shape index (κ2) is 4.52. The molecular formula is C14H18N2O2. The second-order valence-electron chi connectivity index (χ2n) is 5.12. The lowest BCUT2D eigenvalue weighted by Gasteiger charge is -2.34. The Morgan fingerprint density at radius 3 is 2.89 bits per heavy atom. The van der Waals surface area contributed by atoms with Crippen molar-refractivity contribution >= 4 is 11.7 Å². The summed E-state index contributed by atoms with van der Waals surface area (Å²) in [6.45, 7) is 0.684. The van der Waals surface area contributed by atoms with Crippen molar-refractivity contribution in [3.63, 3.8) is 0 Å². The molecule has 1 heterocycles. The van der Waals surface area contributed by atoms with E-state index in [1.54, 1.807) is 11.0 Å². The smallest absolute Gasteiger partial charge is 0.322 e. The van der Waals surface area contributed by atoms with Crippen LogP contribution in [0.3, 0.4) is 0 Å². The van der Waals surface area contributed by atoms with Crippen molar-refractivity contribution in [2.24, 2.45) is 0 Å². The molecule has 0 unspecified atom stereocenters. The van der Waals surface area contributed by atoms with Crippen LogP contribution in [-0.2, 0) is 6.42 Å². The average Bonchev–Trinajstić information content (AvgIpc) is 2.33. The molecule has 0 bridgehead atoms. The predicted molar refractivity (Wildman–Crippen MR) is 69.9 cm³/mol. The summed E-state index contributed by atoms with van der Waals surface area (Å²) in [5, 5.41) is 13.0. The number of carbonyl (C=O) groups excluding carboxylic acids is 1. The fourth-order valence-corrected chi connectivity index (χ4v) is 2.64. The van der Waals surface area contributed by atoms with E-state index in [0.717, 1.165) is 31.2 Å². The molecule has 1 aliphatic heterocycles. The zero-order valence-electron chi connectivity index (χ0n) is 10.4. The molecule has 4 heteroatoms. The van der Waals surface area contributed by atoms with Gasteiger partial charge < -0.3 is 10.4 Å². The Hall–Kier alpha value is -1.71. The number of nitrogens with one attached hydrogen (secondary N) is 1. The number of hydrogen-bond acceptors (Lipinski definition) is 2. The molecule has 4 nitrogen and oxygen atoms in total. The molecule has 0 saturated heterocycles. The van der Waals surface area contributed by atoms with Gasteiger partial charge in [0, 0.05) is 12.6 Å². The minimum absolute atomic E-state index is 0.0675. The van der Waals surface area contributed by atoms with Gasteiger partial charge in [0.05, 0.1) is 5.69 Å². The van der Waals surface area contributed by atoms with Crippen LogP contribution in [0.4, 0.5) is 10.5 Å². The SMILES string of the molecule is O=C(NC1CCC1)N1CCCc2cccc(O)c21. The van der Waals surface area contributed by atoms with Gasteiger partial charge in [0.1, 0.15) is 5.75 Å². The van der Waals surface area contributed by atoms with Gasteiger partial charge in [0.15, 0.2) is 0 Å². The van der Waals surface area contributed by atoms with Crippen LogP contribution in [0.25, 0.3) is 0 Å². The third kappa shape index (κ3) is 1.92. The highest BCUT2D eigenvalue weighted by Gasteiger charge is 2.28. The quantitative estimate of drug-likeness (QED) is 0.799. The Morgan fingerprint density at radius 2 is 2.17 bits per heavy atom. The Balaban J connectivity index is 1.83. The molecular weight excluding hydrogens is 228 g/mol. The van der Waals surface area contributed by atoms with Gasteiger partial charge in [-0.1, -0.05) is 12.1 Å². The van der Waals surface area contributed by atoms with Crippen LogP contribution in [0.2, 0.25) is 0 Å². The number of para-hydroxylation sites is 1. The van der Waals surface area contributed by atoms with E-state index in [0.29, 0.717) is 18.3 Å². The maximum atomic E-state index is 12.2. The largest absolute Gasteiger partial charge is 0.506 e. The van der Waals surface area contributed by atoms with E-state index in [9.17, 15) is 9.90 Å². The highest BCUT2D eigenvalue weighted by atomic mass is 16.3. The number of urea groups is 1. The number of carbonyl (C=O) groups is 1. The van der Waals surface area contributed by atoms with E-state index in [1.165, 1.54) is 6.42 Å². The van der Waals surface area contributed by atoms with Crippen molar-refractivity contribution in [2.75, 3.05) is 11.4 Å². The molecule has 0 atom stereocenters. The summed E-state index contributed by atoms with van der Waals surface area (Å²) in [5.41, 5.74) is 1.76. The highest BCUT2D eigenvalue weighted by Crippen LogP contribution is 2.35. The lowest BCUT2D eigenvalue weighted by molar-refractivity contribution is 0.233. The van der Waals surface area contributed by atoms with E-state index in [2.05, 4.69) is 5.32 Å². The van der Waals surface area contributed by atoms with Gasteiger partial charge in [0.2, 0.25) is 0 Å². The van der Waals surface area contributed by atoms with Crippen molar-refractivity contribution in [2.45, 2.75) is 38.1 Å². The van der Waals surface area contributed by atoms with Gasteiger partial charge >= 0.3 is 6.03 Å². The van der Waals surface area contributed by atoms with Gasteiger partial charge in [-0.05, 0) is 43.7 Å². The first-order valence-corrected chi connectivity index (χ1v) is 6.64. The first kappa shape index (κ1) is 11.4. The van der Waals surface area contributed by atoms with Crippen molar-refractivity contribution in [3.05, 3.63) is 23.8 Å². The molecule has 0 aromatic heterocycles. The first-order chi connectivity index (χ1) is 8.75. The van der Waals surface area contributed by atoms with Crippen LogP contribution in [0.1, 0.15) is 31.2 Å². The van der Waals surface area contributed by atoms with Crippen molar-refractivity contribution in [3.8, 4) is 5.75 Å². The number of rotatable bonds is 1. The van der Waals surface area contributed by atoms with E-state index < -0.39 is 0 Å². The van der Waals surface area contributed by atoms with Gasteiger partial charge in [-0.3, -0.25) is 4.90 Å². The molecule has 18 heavy (non-hydrogen) atoms. The lowest BCUT2D eigenvalue weighted by atomic mass is 9.93. The molecule has 1 aromatic carbocycles. The molecule has 1 saturated carbocycles. The molecule has 0 radical (unpaired) electrons. The van der Waals surface area contributed by atoms with Gasteiger partial charge in [0.25, 0.3) is 0 Å². The fraction of sp³-hybridized carbons (Fsp3) is 0.500. The van der Waals surface area contributed by atoms with Crippen LogP contribution in [0, 0.1) is 0 Å². The van der Waals surface area contributed by atoms with E-state index >= 15 is 0 Å². The number of benzene rings is 1. The summed E-state index contributed by atoms with van der Waals surface area (Å²) in [6.07, 6.45) is 5.23. The zero-order chi connectivity index (χ0) is 12.5. The van der Waals surface area contributed by atoms with Crippen LogP contribution in [0.5, 0.6) is 5.75 Å². The average molecular weight is 246 g/mol. The Morgan fingerprint density at radius 1 is 1.33 bits per heavy atom. The molecule has 96 valence electrons. The third-order valence-electron chi connectivity index (χ3n) is 3.87. The first-order valence-electron chi connectivity index (χ1n) is 6.64. The minimum Gasteiger partial charge on any atom is -0.506 e. The molecule has 1 fully saturated rings. The number of nitrogens with zero attached hydrogens (tertiary/aromatic N) is 1. The summed E-state index contributed by atoms with van der Waals surface area (Å²) in [5.74, 6) is 0.205. The summed E-state index contributed by atoms with van der Waals surface area (Å²) >= 11 is 0. The summed E-state index contributed by atoms with van der Waals surface area (Å²) in [4.78, 5) is 13.9. The summed E-state index contributed by atoms with van der Waals surface area (Å²) in [7, 11) is 0. The predicted octanol–water partition coefficient (Wildman–Crippen LogP) is 2.41. The second-order valence-corrected chi connectivity index (χ2v) is 5.12. The summed E-state index contributed by atoms with van der Waals surface area (Å²) < 4.78 is 0. The van der Waals surface area contributed by atoms with E-state index in [4.69, 9.17) is 0 Å². The highest BCUT2D eigenvalue weighted by molar-refractivity contribution is 5.95.